The molecule has 0 aromatic carbocycles. The normalized spacial score (nSPS) is 9.61. The van der Waals surface area contributed by atoms with Crippen LogP contribution in [0.2, 0.25) is 0 Å². The third kappa shape index (κ3) is 50.7. The molecule has 0 aliphatic rings. The number of carboxylic acids is 1. The molecule has 0 aliphatic carbocycles. The zero-order valence-corrected chi connectivity index (χ0v) is 8.83. The Kier molecular flexibility index (Phi) is 14.2. The molecule has 0 aromatic heterocycles. The number of carbonyl (C=O) groups excluding carboxylic acids is 1. The molecular weight excluding hydrogens is 260 g/mol. The van der Waals surface area contributed by atoms with E-state index in [1.807, 2.05) is 0 Å². The van der Waals surface area contributed by atoms with E-state index in [1.165, 1.54) is 0 Å². The maximum absolute atomic E-state index is 10.1. The van der Waals surface area contributed by atoms with Crippen LogP contribution in [-0.2, 0) is 9.59 Å². The van der Waals surface area contributed by atoms with E-state index >= 15 is 0 Å². The van der Waals surface area contributed by atoms with Crippen molar-refractivity contribution < 1.29 is 35.3 Å². The molecule has 0 saturated carbocycles. The van der Waals surface area contributed by atoms with Crippen LogP contribution in [0.15, 0.2) is 0 Å². The van der Waals surface area contributed by atoms with Crippen LogP contribution in [0.1, 0.15) is 12.8 Å². The summed E-state index contributed by atoms with van der Waals surface area (Å²) in [5, 5.41) is 35.5. The van der Waals surface area contributed by atoms with Crippen molar-refractivity contribution in [3.05, 3.63) is 20.2 Å². The molecule has 18 heavy (non-hydrogen) atoms. The van der Waals surface area contributed by atoms with E-state index in [0.717, 1.165) is 0 Å². The molecule has 0 bridgehead atoms. The number of nitrogens with zero attached hydrogens (tertiary/aromatic N) is 2. The topological polar surface area (TPSA) is 233 Å². The lowest BCUT2D eigenvalue weighted by molar-refractivity contribution is -0.742. The molecule has 0 radical (unpaired) electrons. The maximum Gasteiger partial charge on any atom is 0.320 e. The summed E-state index contributed by atoms with van der Waals surface area (Å²) in [7, 11) is 0. The fourth-order valence-corrected chi connectivity index (χ4v) is 0.421. The van der Waals surface area contributed by atoms with E-state index in [1.54, 1.807) is 0 Å². The number of carbonyl (C=O) groups is 2. The van der Waals surface area contributed by atoms with Crippen LogP contribution in [0.25, 0.3) is 0 Å². The predicted molar refractivity (Wildman–Crippen MR) is 51.6 cm³/mol. The molecule has 1 amide bonds. The van der Waals surface area contributed by atoms with Crippen molar-refractivity contribution in [3.8, 4) is 0 Å². The number of hydrogen-bond acceptors (Lipinski definition) is 7. The largest absolute Gasteiger partial charge is 0.480 e. The molecule has 0 rings (SSSR count). The van der Waals surface area contributed by atoms with Crippen molar-refractivity contribution in [1.29, 1.82) is 0 Å². The molecule has 0 aromatic rings. The molecule has 13 heteroatoms. The lowest BCUT2D eigenvalue weighted by Crippen LogP contribution is -2.31. The summed E-state index contributed by atoms with van der Waals surface area (Å²) in [4.78, 5) is 36.9. The Morgan fingerprint density at radius 3 is 1.61 bits per heavy atom. The van der Waals surface area contributed by atoms with E-state index in [4.69, 9.17) is 47.2 Å². The monoisotopic (exact) mass is 272 g/mol. The van der Waals surface area contributed by atoms with E-state index in [9.17, 15) is 9.59 Å². The van der Waals surface area contributed by atoms with E-state index in [2.05, 4.69) is 0 Å². The molecule has 0 unspecified atom stereocenters. The van der Waals surface area contributed by atoms with E-state index < -0.39 is 28.1 Å². The second-order valence-electron chi connectivity index (χ2n) is 2.43. The van der Waals surface area contributed by atoms with Crippen LogP contribution >= 0.6 is 0 Å². The molecule has 7 N–H and O–H groups in total. The average molecular weight is 272 g/mol. The second kappa shape index (κ2) is 12.4. The highest BCUT2D eigenvalue weighted by Crippen LogP contribution is 1.92. The summed E-state index contributed by atoms with van der Waals surface area (Å²) in [5.74, 6) is -1.64. The van der Waals surface area contributed by atoms with Gasteiger partial charge in [0, 0.05) is 6.42 Å². The molecule has 13 nitrogen and oxygen atoms in total. The van der Waals surface area contributed by atoms with Crippen LogP contribution in [0.4, 0.5) is 0 Å². The van der Waals surface area contributed by atoms with Gasteiger partial charge in [0.2, 0.25) is 5.91 Å². The van der Waals surface area contributed by atoms with Crippen molar-refractivity contribution in [2.45, 2.75) is 18.9 Å². The van der Waals surface area contributed by atoms with E-state index in [-0.39, 0.29) is 12.8 Å². The van der Waals surface area contributed by atoms with Gasteiger partial charge in [-0.25, -0.2) is 0 Å². The first-order valence-corrected chi connectivity index (χ1v) is 3.93. The zero-order chi connectivity index (χ0) is 15.3. The zero-order valence-electron chi connectivity index (χ0n) is 8.83. The quantitative estimate of drug-likeness (QED) is 0.277. The third-order valence-electron chi connectivity index (χ3n) is 1.02. The first kappa shape index (κ1) is 20.7. The van der Waals surface area contributed by atoms with Crippen LogP contribution in [0.3, 0.4) is 0 Å². The lowest BCUT2D eigenvalue weighted by Gasteiger charge is -2.01. The van der Waals surface area contributed by atoms with Crippen LogP contribution in [-0.4, -0.2) is 43.6 Å². The number of hydrogen-bond donors (Lipinski definition) is 5. The van der Waals surface area contributed by atoms with Crippen molar-refractivity contribution in [1.82, 2.24) is 0 Å². The van der Waals surface area contributed by atoms with Gasteiger partial charge in [-0.1, -0.05) is 0 Å². The molecular formula is C5H12N4O9. The summed E-state index contributed by atoms with van der Waals surface area (Å²) >= 11 is 0. The first-order chi connectivity index (χ1) is 8.00. The Balaban J connectivity index is -0.000000233. The van der Waals surface area contributed by atoms with Crippen molar-refractivity contribution in [2.24, 2.45) is 11.5 Å². The number of nitrogens with two attached hydrogens (primary N) is 2. The molecule has 0 spiro atoms. The molecule has 0 saturated heterocycles. The standard InChI is InChI=1S/C5H10N2O3.2HNO3/c6-3(5(9)10)1-2-4(7)8;2*2-1(3)4/h3H,1-2,6H2,(H2,7,8)(H,9,10);2*(H,2,3,4)/t3-;;/m0../s1. The minimum atomic E-state index is -1.50. The van der Waals surface area contributed by atoms with Gasteiger partial charge in [0.05, 0.1) is 0 Å². The van der Waals surface area contributed by atoms with Crippen molar-refractivity contribution >= 4 is 11.9 Å². The average Bonchev–Trinajstić information content (AvgIpc) is 2.11. The Morgan fingerprint density at radius 1 is 1.17 bits per heavy atom. The SMILES string of the molecule is NC(=O)CC[C@H](N)C(=O)O.O=[N+]([O-])O.O=[N+]([O-])O. The Hall–Kier alpha value is -2.70. The molecule has 1 atom stereocenters. The van der Waals surface area contributed by atoms with Gasteiger partial charge in [-0.3, -0.25) is 9.59 Å². The Morgan fingerprint density at radius 2 is 1.44 bits per heavy atom. The minimum absolute atomic E-state index is 0.0213. The highest BCUT2D eigenvalue weighted by molar-refractivity contribution is 5.76. The molecule has 106 valence electrons. The van der Waals surface area contributed by atoms with Crippen LogP contribution < -0.4 is 11.5 Å². The van der Waals surface area contributed by atoms with Gasteiger partial charge in [0.25, 0.3) is 10.2 Å². The number of primary amides is 1. The maximum atomic E-state index is 10.1. The van der Waals surface area contributed by atoms with Crippen LogP contribution in [0.5, 0.6) is 0 Å². The van der Waals surface area contributed by atoms with Gasteiger partial charge >= 0.3 is 5.97 Å². The van der Waals surface area contributed by atoms with Gasteiger partial charge in [0.15, 0.2) is 0 Å². The van der Waals surface area contributed by atoms with Gasteiger partial charge in [-0.15, -0.1) is 20.2 Å². The predicted octanol–water partition coefficient (Wildman–Crippen LogP) is -2.03. The highest BCUT2D eigenvalue weighted by Gasteiger charge is 2.11. The minimum Gasteiger partial charge on any atom is -0.480 e. The van der Waals surface area contributed by atoms with Gasteiger partial charge in [-0.2, -0.15) is 0 Å². The summed E-state index contributed by atoms with van der Waals surface area (Å²) < 4.78 is 0. The lowest BCUT2D eigenvalue weighted by atomic mass is 10.2. The molecule has 0 heterocycles. The first-order valence-electron chi connectivity index (χ1n) is 3.93. The Bertz CT molecular complexity index is 273. The number of carboxylic acid groups (broad SMARTS) is 1. The van der Waals surface area contributed by atoms with Crippen LogP contribution in [0, 0.1) is 20.2 Å². The fraction of sp³-hybridized carbons (Fsp3) is 0.600. The number of amides is 1. The summed E-state index contributed by atoms with van der Waals surface area (Å²) in [6, 6.07) is -0.979. The van der Waals surface area contributed by atoms with Gasteiger partial charge in [-0.05, 0) is 6.42 Å². The summed E-state index contributed by atoms with van der Waals surface area (Å²) in [6.45, 7) is 0. The molecule has 0 fully saturated rings. The summed E-state index contributed by atoms with van der Waals surface area (Å²) in [6.07, 6.45) is 0.123. The van der Waals surface area contributed by atoms with Crippen molar-refractivity contribution in [2.75, 3.05) is 0 Å². The summed E-state index contributed by atoms with van der Waals surface area (Å²) in [5.41, 5.74) is 9.81. The van der Waals surface area contributed by atoms with Gasteiger partial charge < -0.3 is 27.0 Å². The number of aliphatic carboxylic acids is 1. The third-order valence-corrected chi connectivity index (χ3v) is 1.02. The number of rotatable bonds is 4. The highest BCUT2D eigenvalue weighted by atomic mass is 16.9. The fourth-order valence-electron chi connectivity index (χ4n) is 0.421. The van der Waals surface area contributed by atoms with Crippen molar-refractivity contribution in [3.63, 3.8) is 0 Å². The smallest absolute Gasteiger partial charge is 0.320 e. The second-order valence-corrected chi connectivity index (χ2v) is 2.43. The van der Waals surface area contributed by atoms with Gasteiger partial charge in [0.1, 0.15) is 6.04 Å². The Labute approximate surface area is 98.8 Å². The molecule has 0 aliphatic heterocycles. The van der Waals surface area contributed by atoms with E-state index in [0.29, 0.717) is 0 Å².